The molecule has 1 N–H and O–H groups in total. The van der Waals surface area contributed by atoms with E-state index in [2.05, 4.69) is 0 Å². The van der Waals surface area contributed by atoms with Crippen LogP contribution in [0.4, 0.5) is 0 Å². The molecule has 1 aliphatic heterocycles. The predicted octanol–water partition coefficient (Wildman–Crippen LogP) is 2.96. The van der Waals surface area contributed by atoms with E-state index >= 15 is 0 Å². The van der Waals surface area contributed by atoms with Crippen molar-refractivity contribution in [3.63, 3.8) is 0 Å². The van der Waals surface area contributed by atoms with Gasteiger partial charge in [0, 0.05) is 16.0 Å². The monoisotopic (exact) mass is 270 g/mol. The third kappa shape index (κ3) is 2.44. The summed E-state index contributed by atoms with van der Waals surface area (Å²) in [6, 6.07) is 3.53. The Morgan fingerprint density at radius 3 is 2.89 bits per heavy atom. The van der Waals surface area contributed by atoms with Crippen molar-refractivity contribution in [2.75, 3.05) is 6.79 Å². The Labute approximate surface area is 110 Å². The van der Waals surface area contributed by atoms with Crippen LogP contribution < -0.4 is 4.74 Å². The predicted molar refractivity (Wildman–Crippen MR) is 67.0 cm³/mol. The highest BCUT2D eigenvalue weighted by Crippen LogP contribution is 2.40. The maximum atomic E-state index is 11.0. The first-order valence-electron chi connectivity index (χ1n) is 5.66. The van der Waals surface area contributed by atoms with Gasteiger partial charge in [-0.2, -0.15) is 0 Å². The van der Waals surface area contributed by atoms with Crippen molar-refractivity contribution >= 4 is 17.6 Å². The van der Waals surface area contributed by atoms with E-state index in [1.54, 1.807) is 12.1 Å². The summed E-state index contributed by atoms with van der Waals surface area (Å²) in [7, 11) is 0. The minimum absolute atomic E-state index is 0.00315. The molecule has 1 heterocycles. The number of halogens is 1. The van der Waals surface area contributed by atoms with E-state index in [0.717, 1.165) is 16.9 Å². The zero-order chi connectivity index (χ0) is 13.3. The highest BCUT2D eigenvalue weighted by atomic mass is 35.5. The fourth-order valence-corrected chi connectivity index (χ4v) is 2.76. The van der Waals surface area contributed by atoms with Gasteiger partial charge in [0.1, 0.15) is 5.75 Å². The van der Waals surface area contributed by atoms with E-state index in [1.807, 2.05) is 13.8 Å². The number of ether oxygens (including phenoxy) is 2. The number of rotatable bonds is 3. The van der Waals surface area contributed by atoms with Gasteiger partial charge >= 0.3 is 5.97 Å². The molecule has 0 amide bonds. The molecule has 0 bridgehead atoms. The molecule has 1 aromatic carbocycles. The van der Waals surface area contributed by atoms with E-state index in [1.165, 1.54) is 0 Å². The number of hydrogen-bond acceptors (Lipinski definition) is 3. The molecule has 0 atom stereocenters. The van der Waals surface area contributed by atoms with Gasteiger partial charge in [0.2, 0.25) is 0 Å². The lowest BCUT2D eigenvalue weighted by Crippen LogP contribution is -2.26. The largest absolute Gasteiger partial charge is 0.481 e. The first kappa shape index (κ1) is 13.2. The molecule has 4 nitrogen and oxygen atoms in total. The van der Waals surface area contributed by atoms with Crippen LogP contribution in [0.25, 0.3) is 0 Å². The SMILES string of the molecule is CC(C)(CC(=O)O)c1c(Cl)ccc2c1COCO2. The second-order valence-corrected chi connectivity index (χ2v) is 5.37. The van der Waals surface area contributed by atoms with Crippen LogP contribution in [-0.4, -0.2) is 17.9 Å². The molecule has 2 rings (SSSR count). The van der Waals surface area contributed by atoms with Crippen LogP contribution in [0.15, 0.2) is 12.1 Å². The van der Waals surface area contributed by atoms with Crippen LogP contribution in [0.1, 0.15) is 31.4 Å². The highest BCUT2D eigenvalue weighted by Gasteiger charge is 2.31. The van der Waals surface area contributed by atoms with Crippen molar-refractivity contribution in [1.82, 2.24) is 0 Å². The summed E-state index contributed by atoms with van der Waals surface area (Å²) < 4.78 is 10.7. The number of carbonyl (C=O) groups is 1. The van der Waals surface area contributed by atoms with Crippen LogP contribution in [-0.2, 0) is 21.6 Å². The van der Waals surface area contributed by atoms with E-state index < -0.39 is 11.4 Å². The molecule has 0 unspecified atom stereocenters. The van der Waals surface area contributed by atoms with Crippen molar-refractivity contribution in [2.45, 2.75) is 32.3 Å². The van der Waals surface area contributed by atoms with E-state index in [4.69, 9.17) is 26.2 Å². The Morgan fingerprint density at radius 1 is 1.50 bits per heavy atom. The van der Waals surface area contributed by atoms with Crippen LogP contribution in [0.5, 0.6) is 5.75 Å². The zero-order valence-corrected chi connectivity index (χ0v) is 11.1. The fourth-order valence-electron chi connectivity index (χ4n) is 2.33. The number of aliphatic carboxylic acids is 1. The average Bonchev–Trinajstić information content (AvgIpc) is 2.26. The Hall–Kier alpha value is -1.26. The third-order valence-corrected chi connectivity index (χ3v) is 3.35. The van der Waals surface area contributed by atoms with Crippen LogP contribution in [0.2, 0.25) is 5.02 Å². The van der Waals surface area contributed by atoms with Gasteiger partial charge in [0.25, 0.3) is 0 Å². The Kier molecular flexibility index (Phi) is 3.50. The van der Waals surface area contributed by atoms with Gasteiger partial charge in [-0.3, -0.25) is 4.79 Å². The van der Waals surface area contributed by atoms with Crippen LogP contribution >= 0.6 is 11.6 Å². The van der Waals surface area contributed by atoms with Gasteiger partial charge < -0.3 is 14.6 Å². The summed E-state index contributed by atoms with van der Waals surface area (Å²) in [5.74, 6) is -0.134. The van der Waals surface area contributed by atoms with E-state index in [9.17, 15) is 4.79 Å². The number of hydrogen-bond donors (Lipinski definition) is 1. The standard InChI is InChI=1S/C13H15ClO4/c1-13(2,5-11(15)16)12-8-6-17-7-18-10(8)4-3-9(12)14/h3-4H,5-7H2,1-2H3,(H,15,16). The van der Waals surface area contributed by atoms with Gasteiger partial charge in [0.05, 0.1) is 13.0 Å². The molecular formula is C13H15ClO4. The number of carboxylic acids is 1. The second kappa shape index (κ2) is 4.78. The number of fused-ring (bicyclic) bond motifs is 1. The summed E-state index contributed by atoms with van der Waals surface area (Å²) in [5.41, 5.74) is 1.07. The summed E-state index contributed by atoms with van der Waals surface area (Å²) in [6.07, 6.45) is 0.00315. The Balaban J connectivity index is 2.51. The number of carboxylic acid groups (broad SMARTS) is 1. The maximum absolute atomic E-state index is 11.0. The van der Waals surface area contributed by atoms with Crippen LogP contribution in [0.3, 0.4) is 0 Å². The van der Waals surface area contributed by atoms with Gasteiger partial charge in [-0.15, -0.1) is 0 Å². The lowest BCUT2D eigenvalue weighted by atomic mass is 9.78. The van der Waals surface area contributed by atoms with Crippen molar-refractivity contribution in [1.29, 1.82) is 0 Å². The molecule has 0 spiro atoms. The molecule has 0 aromatic heterocycles. The maximum Gasteiger partial charge on any atom is 0.304 e. The third-order valence-electron chi connectivity index (χ3n) is 3.03. The second-order valence-electron chi connectivity index (χ2n) is 4.96. The molecule has 18 heavy (non-hydrogen) atoms. The molecule has 0 fully saturated rings. The Bertz CT molecular complexity index is 482. The molecule has 1 aliphatic rings. The molecule has 0 aliphatic carbocycles. The molecule has 5 heteroatoms. The average molecular weight is 271 g/mol. The fraction of sp³-hybridized carbons (Fsp3) is 0.462. The smallest absolute Gasteiger partial charge is 0.304 e. The van der Waals surface area contributed by atoms with E-state index in [-0.39, 0.29) is 13.2 Å². The van der Waals surface area contributed by atoms with Crippen molar-refractivity contribution < 1.29 is 19.4 Å². The molecule has 0 saturated heterocycles. The Morgan fingerprint density at radius 2 is 2.22 bits per heavy atom. The molecule has 0 radical (unpaired) electrons. The van der Waals surface area contributed by atoms with Gasteiger partial charge in [-0.1, -0.05) is 25.4 Å². The lowest BCUT2D eigenvalue weighted by Gasteiger charge is -2.30. The quantitative estimate of drug-likeness (QED) is 0.917. The highest BCUT2D eigenvalue weighted by molar-refractivity contribution is 6.31. The van der Waals surface area contributed by atoms with Crippen molar-refractivity contribution in [2.24, 2.45) is 0 Å². The molecule has 1 aromatic rings. The minimum atomic E-state index is -0.855. The normalized spacial score (nSPS) is 14.8. The minimum Gasteiger partial charge on any atom is -0.481 e. The van der Waals surface area contributed by atoms with Crippen molar-refractivity contribution in [3.05, 3.63) is 28.3 Å². The molecule has 98 valence electrons. The first-order chi connectivity index (χ1) is 8.42. The first-order valence-corrected chi connectivity index (χ1v) is 6.04. The zero-order valence-electron chi connectivity index (χ0n) is 10.3. The number of benzene rings is 1. The molecular weight excluding hydrogens is 256 g/mol. The van der Waals surface area contributed by atoms with Gasteiger partial charge in [0.15, 0.2) is 6.79 Å². The summed E-state index contributed by atoms with van der Waals surface area (Å²) in [4.78, 5) is 11.0. The van der Waals surface area contributed by atoms with Gasteiger partial charge in [-0.05, 0) is 17.7 Å². The summed E-state index contributed by atoms with van der Waals surface area (Å²) >= 11 is 6.23. The topological polar surface area (TPSA) is 55.8 Å². The van der Waals surface area contributed by atoms with Crippen LogP contribution in [0, 0.1) is 0 Å². The van der Waals surface area contributed by atoms with Crippen molar-refractivity contribution in [3.8, 4) is 5.75 Å². The molecule has 0 saturated carbocycles. The van der Waals surface area contributed by atoms with Gasteiger partial charge in [-0.25, -0.2) is 0 Å². The summed E-state index contributed by atoms with van der Waals surface area (Å²) in [6.45, 7) is 4.33. The lowest BCUT2D eigenvalue weighted by molar-refractivity contribution is -0.138. The summed E-state index contributed by atoms with van der Waals surface area (Å²) in [5, 5.41) is 9.55. The van der Waals surface area contributed by atoms with E-state index in [0.29, 0.717) is 11.6 Å².